The van der Waals surface area contributed by atoms with Gasteiger partial charge in [0.2, 0.25) is 0 Å². The van der Waals surface area contributed by atoms with Crippen molar-refractivity contribution < 1.29 is 14.4 Å². The maximum atomic E-state index is 13.2. The molecule has 0 aliphatic carbocycles. The molecule has 3 amide bonds. The molecule has 0 bridgehead atoms. The number of nitrogens with one attached hydrogen (secondary N) is 3. The SMILES string of the molecule is Cc1cc(C)c(NC(=O)C(=O)Nn2c(C(=O)Nc3ccc(C)c(C)c3)cc3cc(Cl)ccc32)c(C)c1. The lowest BCUT2D eigenvalue weighted by molar-refractivity contribution is -0.133. The fourth-order valence-corrected chi connectivity index (χ4v) is 4.37. The summed E-state index contributed by atoms with van der Waals surface area (Å²) in [6, 6.07) is 16.1. The van der Waals surface area contributed by atoms with E-state index in [4.69, 9.17) is 11.6 Å². The highest BCUT2D eigenvalue weighted by atomic mass is 35.5. The van der Waals surface area contributed by atoms with Gasteiger partial charge in [-0.15, -0.1) is 0 Å². The third kappa shape index (κ3) is 5.11. The molecular weight excluding hydrogens is 476 g/mol. The fraction of sp³-hybridized carbons (Fsp3) is 0.179. The number of halogens is 1. The van der Waals surface area contributed by atoms with Crippen LogP contribution in [0.25, 0.3) is 10.9 Å². The lowest BCUT2D eigenvalue weighted by atomic mass is 10.1. The summed E-state index contributed by atoms with van der Waals surface area (Å²) in [5, 5.41) is 6.67. The number of aromatic nitrogens is 1. The topological polar surface area (TPSA) is 92.2 Å². The van der Waals surface area contributed by atoms with E-state index >= 15 is 0 Å². The van der Waals surface area contributed by atoms with Gasteiger partial charge in [-0.3, -0.25) is 19.8 Å². The molecule has 8 heteroatoms. The summed E-state index contributed by atoms with van der Waals surface area (Å²) in [5.41, 5.74) is 9.34. The van der Waals surface area contributed by atoms with E-state index < -0.39 is 17.7 Å². The van der Waals surface area contributed by atoms with Crippen molar-refractivity contribution in [2.75, 3.05) is 16.1 Å². The maximum Gasteiger partial charge on any atom is 0.328 e. The number of rotatable bonds is 4. The molecule has 0 fully saturated rings. The Morgan fingerprint density at radius 2 is 1.42 bits per heavy atom. The minimum Gasteiger partial charge on any atom is -0.321 e. The monoisotopic (exact) mass is 502 g/mol. The number of nitrogens with zero attached hydrogens (tertiary/aromatic N) is 1. The minimum atomic E-state index is -0.915. The van der Waals surface area contributed by atoms with Gasteiger partial charge in [-0.1, -0.05) is 35.4 Å². The van der Waals surface area contributed by atoms with Crippen LogP contribution < -0.4 is 16.1 Å². The molecule has 0 spiro atoms. The van der Waals surface area contributed by atoms with Crippen molar-refractivity contribution >= 4 is 51.6 Å². The zero-order valence-electron chi connectivity index (χ0n) is 20.7. The molecule has 3 N–H and O–H groups in total. The van der Waals surface area contributed by atoms with Gasteiger partial charge >= 0.3 is 11.8 Å². The first kappa shape index (κ1) is 25.0. The van der Waals surface area contributed by atoms with Crippen molar-refractivity contribution in [3.05, 3.63) is 93.1 Å². The van der Waals surface area contributed by atoms with Gasteiger partial charge in [0.25, 0.3) is 5.91 Å². The van der Waals surface area contributed by atoms with Gasteiger partial charge in [-0.25, -0.2) is 4.68 Å². The molecule has 0 aliphatic rings. The van der Waals surface area contributed by atoms with E-state index in [-0.39, 0.29) is 5.69 Å². The van der Waals surface area contributed by atoms with Crippen LogP contribution in [0.2, 0.25) is 5.02 Å². The Kier molecular flexibility index (Phi) is 6.86. The average Bonchev–Trinajstić information content (AvgIpc) is 3.15. The Balaban J connectivity index is 1.64. The van der Waals surface area contributed by atoms with Gasteiger partial charge in [0.1, 0.15) is 5.69 Å². The number of carbonyl (C=O) groups excluding carboxylic acids is 3. The number of fused-ring (bicyclic) bond motifs is 1. The van der Waals surface area contributed by atoms with Crippen molar-refractivity contribution in [1.82, 2.24) is 4.68 Å². The summed E-state index contributed by atoms with van der Waals surface area (Å²) in [6.45, 7) is 9.65. The van der Waals surface area contributed by atoms with Crippen molar-refractivity contribution in [3.8, 4) is 0 Å². The van der Waals surface area contributed by atoms with Gasteiger partial charge in [0.15, 0.2) is 0 Å². The molecule has 0 unspecified atom stereocenters. The summed E-state index contributed by atoms with van der Waals surface area (Å²) < 4.78 is 1.30. The summed E-state index contributed by atoms with van der Waals surface area (Å²) >= 11 is 6.15. The van der Waals surface area contributed by atoms with Gasteiger partial charge in [0.05, 0.1) is 5.52 Å². The van der Waals surface area contributed by atoms with Crippen LogP contribution in [0.15, 0.2) is 54.6 Å². The molecule has 3 aromatic carbocycles. The summed E-state index contributed by atoms with van der Waals surface area (Å²) in [7, 11) is 0. The average molecular weight is 503 g/mol. The van der Waals surface area contributed by atoms with Crippen molar-refractivity contribution in [1.29, 1.82) is 0 Å². The van der Waals surface area contributed by atoms with Crippen LogP contribution in [0, 0.1) is 34.6 Å². The standard InChI is InChI=1S/C28H27ClN4O3/c1-15-10-18(4)25(19(5)11-15)31-27(35)28(36)32-33-23-9-7-21(29)13-20(23)14-24(33)26(34)30-22-8-6-16(2)17(3)12-22/h6-14H,1-5H3,(H,30,34)(H,31,35)(H,32,36). The molecule has 1 heterocycles. The van der Waals surface area contributed by atoms with Crippen LogP contribution in [0.3, 0.4) is 0 Å². The van der Waals surface area contributed by atoms with E-state index in [1.807, 2.05) is 65.0 Å². The zero-order valence-corrected chi connectivity index (χ0v) is 21.5. The Labute approximate surface area is 214 Å². The molecule has 0 atom stereocenters. The number of carbonyl (C=O) groups is 3. The molecule has 7 nitrogen and oxygen atoms in total. The van der Waals surface area contributed by atoms with Crippen LogP contribution in [0.5, 0.6) is 0 Å². The second-order valence-electron chi connectivity index (χ2n) is 8.99. The molecule has 0 saturated carbocycles. The first-order valence-corrected chi connectivity index (χ1v) is 11.8. The highest BCUT2D eigenvalue weighted by Gasteiger charge is 2.22. The van der Waals surface area contributed by atoms with E-state index in [1.165, 1.54) is 4.68 Å². The van der Waals surface area contributed by atoms with Crippen molar-refractivity contribution in [3.63, 3.8) is 0 Å². The second kappa shape index (κ2) is 9.87. The van der Waals surface area contributed by atoms with E-state index in [2.05, 4.69) is 16.1 Å². The number of amides is 3. The van der Waals surface area contributed by atoms with Crippen molar-refractivity contribution in [2.24, 2.45) is 0 Å². The molecule has 0 radical (unpaired) electrons. The van der Waals surface area contributed by atoms with Crippen LogP contribution in [-0.4, -0.2) is 22.4 Å². The minimum absolute atomic E-state index is 0.148. The number of aryl methyl sites for hydroxylation is 5. The summed E-state index contributed by atoms with van der Waals surface area (Å²) in [4.78, 5) is 39.0. The van der Waals surface area contributed by atoms with Gasteiger partial charge in [-0.2, -0.15) is 0 Å². The summed E-state index contributed by atoms with van der Waals surface area (Å²) in [5.74, 6) is -2.21. The Bertz CT molecular complexity index is 1510. The molecule has 36 heavy (non-hydrogen) atoms. The van der Waals surface area contributed by atoms with Crippen LogP contribution >= 0.6 is 11.6 Å². The predicted molar refractivity (Wildman–Crippen MR) is 144 cm³/mol. The lowest BCUT2D eigenvalue weighted by Gasteiger charge is -2.15. The zero-order chi connectivity index (χ0) is 26.1. The second-order valence-corrected chi connectivity index (χ2v) is 9.43. The molecule has 4 rings (SSSR count). The predicted octanol–water partition coefficient (Wildman–Crippen LogP) is 5.80. The van der Waals surface area contributed by atoms with Crippen LogP contribution in [0.1, 0.15) is 38.3 Å². The third-order valence-electron chi connectivity index (χ3n) is 6.10. The van der Waals surface area contributed by atoms with Gasteiger partial charge in [0, 0.05) is 21.8 Å². The Morgan fingerprint density at radius 1 is 0.722 bits per heavy atom. The third-order valence-corrected chi connectivity index (χ3v) is 6.33. The fourth-order valence-electron chi connectivity index (χ4n) is 4.19. The van der Waals surface area contributed by atoms with E-state index in [0.29, 0.717) is 27.3 Å². The number of benzene rings is 3. The summed E-state index contributed by atoms with van der Waals surface area (Å²) in [6.07, 6.45) is 0. The van der Waals surface area contributed by atoms with Crippen LogP contribution in [-0.2, 0) is 9.59 Å². The molecule has 0 saturated heterocycles. The lowest BCUT2D eigenvalue weighted by Crippen LogP contribution is -2.36. The number of hydrogen-bond donors (Lipinski definition) is 3. The smallest absolute Gasteiger partial charge is 0.321 e. The van der Waals surface area contributed by atoms with Crippen LogP contribution in [0.4, 0.5) is 11.4 Å². The molecule has 1 aromatic heterocycles. The first-order valence-electron chi connectivity index (χ1n) is 11.4. The molecule has 184 valence electrons. The maximum absolute atomic E-state index is 13.2. The molecular formula is C28H27ClN4O3. The van der Waals surface area contributed by atoms with Crippen molar-refractivity contribution in [2.45, 2.75) is 34.6 Å². The largest absolute Gasteiger partial charge is 0.328 e. The normalized spacial score (nSPS) is 10.8. The Hall–Kier alpha value is -4.10. The van der Waals surface area contributed by atoms with Gasteiger partial charge < -0.3 is 10.6 Å². The number of anilines is 2. The van der Waals surface area contributed by atoms with E-state index in [0.717, 1.165) is 27.8 Å². The molecule has 0 aliphatic heterocycles. The number of hydrogen-bond acceptors (Lipinski definition) is 3. The highest BCUT2D eigenvalue weighted by molar-refractivity contribution is 6.42. The van der Waals surface area contributed by atoms with E-state index in [1.54, 1.807) is 24.3 Å². The highest BCUT2D eigenvalue weighted by Crippen LogP contribution is 2.25. The Morgan fingerprint density at radius 3 is 2.08 bits per heavy atom. The molecule has 4 aromatic rings. The van der Waals surface area contributed by atoms with Gasteiger partial charge in [-0.05, 0) is 93.3 Å². The first-order chi connectivity index (χ1) is 17.0. The quantitative estimate of drug-likeness (QED) is 0.308. The van der Waals surface area contributed by atoms with E-state index in [9.17, 15) is 14.4 Å².